The fourth-order valence-electron chi connectivity index (χ4n) is 4.88. The van der Waals surface area contributed by atoms with E-state index in [1.807, 2.05) is 60.7 Å². The molecule has 0 saturated heterocycles. The van der Waals surface area contributed by atoms with Gasteiger partial charge in [0.1, 0.15) is 24.5 Å². The van der Waals surface area contributed by atoms with Gasteiger partial charge in [-0.1, -0.05) is 59.7 Å². The Labute approximate surface area is 303 Å². The molecule has 3 rings (SSSR count). The molecule has 15 nitrogen and oxygen atoms in total. The normalized spacial score (nSPS) is 11.7. The molecule has 0 heterocycles. The van der Waals surface area contributed by atoms with Gasteiger partial charge in [-0.25, -0.2) is 4.79 Å². The molecule has 3 aromatic carbocycles. The highest BCUT2D eigenvalue weighted by Crippen LogP contribution is 2.35. The van der Waals surface area contributed by atoms with E-state index in [0.29, 0.717) is 71.6 Å². The number of fused-ring (bicyclic) bond motifs is 1. The average Bonchev–Trinajstić information content (AvgIpc) is 3.13. The molecular formula is C37H49N5O10. The number of hydrogen-bond donors (Lipinski definition) is 2. The van der Waals surface area contributed by atoms with Gasteiger partial charge in [0.15, 0.2) is 0 Å². The minimum absolute atomic E-state index is 0.0885. The summed E-state index contributed by atoms with van der Waals surface area (Å²) in [7, 11) is 1.29. The minimum Gasteiger partial charge on any atom is -0.491 e. The number of methoxy groups -OCH3 is 1. The summed E-state index contributed by atoms with van der Waals surface area (Å²) in [6, 6.07) is 18.8. The third-order valence-electron chi connectivity index (χ3n) is 7.23. The summed E-state index contributed by atoms with van der Waals surface area (Å²) in [5, 5.41) is 10.6. The van der Waals surface area contributed by atoms with Crippen LogP contribution in [-0.4, -0.2) is 103 Å². The van der Waals surface area contributed by atoms with Crippen LogP contribution in [0.4, 0.5) is 4.79 Å². The van der Waals surface area contributed by atoms with Gasteiger partial charge in [-0.2, -0.15) is 0 Å². The number of nitrogens with zero attached hydrogens (tertiary/aromatic N) is 3. The number of azide groups is 1. The van der Waals surface area contributed by atoms with Crippen molar-refractivity contribution in [3.8, 4) is 16.9 Å². The first kappa shape index (κ1) is 41.5. The van der Waals surface area contributed by atoms with E-state index < -0.39 is 29.6 Å². The molecule has 0 unspecified atom stereocenters. The Bertz CT molecular complexity index is 1610. The van der Waals surface area contributed by atoms with Crippen molar-refractivity contribution in [1.82, 2.24) is 10.6 Å². The number of alkyl carbamates (subject to hydrolysis) is 1. The zero-order valence-electron chi connectivity index (χ0n) is 30.3. The van der Waals surface area contributed by atoms with Gasteiger partial charge in [-0.3, -0.25) is 9.59 Å². The van der Waals surface area contributed by atoms with E-state index >= 15 is 0 Å². The molecule has 0 aromatic heterocycles. The third kappa shape index (κ3) is 15.5. The first-order valence-electron chi connectivity index (χ1n) is 17.0. The zero-order valence-corrected chi connectivity index (χ0v) is 30.3. The third-order valence-corrected chi connectivity index (χ3v) is 7.23. The molecule has 0 aliphatic rings. The Kier molecular flexibility index (Phi) is 18.2. The summed E-state index contributed by atoms with van der Waals surface area (Å²) in [5.41, 5.74) is 10.1. The highest BCUT2D eigenvalue weighted by Gasteiger charge is 2.21. The Morgan fingerprint density at radius 1 is 0.788 bits per heavy atom. The van der Waals surface area contributed by atoms with Crippen molar-refractivity contribution >= 4 is 28.7 Å². The maximum absolute atomic E-state index is 12.7. The molecule has 0 bridgehead atoms. The molecule has 0 aliphatic heterocycles. The molecule has 0 radical (unpaired) electrons. The Morgan fingerprint density at radius 2 is 1.38 bits per heavy atom. The van der Waals surface area contributed by atoms with Crippen LogP contribution in [0.2, 0.25) is 0 Å². The number of hydrogen-bond acceptors (Lipinski definition) is 11. The molecule has 0 fully saturated rings. The smallest absolute Gasteiger partial charge is 0.408 e. The van der Waals surface area contributed by atoms with Gasteiger partial charge in [0.2, 0.25) is 5.91 Å². The number of carbonyl (C=O) groups is 3. The van der Waals surface area contributed by atoms with Crippen molar-refractivity contribution in [2.75, 3.05) is 79.7 Å². The van der Waals surface area contributed by atoms with Gasteiger partial charge in [0, 0.05) is 16.8 Å². The fourth-order valence-corrected chi connectivity index (χ4v) is 4.88. The average molecular weight is 724 g/mol. The second-order valence-corrected chi connectivity index (χ2v) is 12.3. The number of ether oxygens (including phenoxy) is 7. The molecule has 52 heavy (non-hydrogen) atoms. The molecule has 15 heteroatoms. The van der Waals surface area contributed by atoms with Crippen molar-refractivity contribution < 1.29 is 47.5 Å². The topological polar surface area (TPSA) is 189 Å². The SMILES string of the molecule is COC(=O)C[C@H](NC(=O)CNC(=O)OC(C)(C)C)c1ccc(-c2ccc(OCCOCCOCCOCCOCCN=[N+]=[N-])c3ccccc23)cc1. The fraction of sp³-hybridized carbons (Fsp3) is 0.486. The molecule has 282 valence electrons. The summed E-state index contributed by atoms with van der Waals surface area (Å²) in [6.45, 7) is 8.91. The monoisotopic (exact) mass is 723 g/mol. The van der Waals surface area contributed by atoms with Crippen LogP contribution in [-0.2, 0) is 38.0 Å². The van der Waals surface area contributed by atoms with Gasteiger partial charge in [-0.05, 0) is 54.4 Å². The Balaban J connectivity index is 1.49. The zero-order chi connectivity index (χ0) is 37.6. The van der Waals surface area contributed by atoms with E-state index in [4.69, 9.17) is 38.7 Å². The van der Waals surface area contributed by atoms with Gasteiger partial charge in [-0.15, -0.1) is 0 Å². The Hall–Kier alpha value is -4.92. The standard InChI is InChI=1S/C37H49N5O10/c1-37(2,3)52-36(45)39-26-34(43)41-32(25-35(44)46-4)28-11-9-27(10-12-28)29-13-14-33(31-8-6-5-7-30(29)31)51-24-23-50-22-21-49-20-19-48-18-17-47-16-15-40-42-38/h5-14,32H,15-26H2,1-4H3,(H,39,45)(H,41,43)/t32-/m0/s1. The number of esters is 1. The van der Waals surface area contributed by atoms with Crippen molar-refractivity contribution in [2.24, 2.45) is 5.11 Å². The van der Waals surface area contributed by atoms with Gasteiger partial charge in [0.05, 0.1) is 72.4 Å². The molecular weight excluding hydrogens is 674 g/mol. The van der Waals surface area contributed by atoms with E-state index in [9.17, 15) is 14.4 Å². The highest BCUT2D eigenvalue weighted by atomic mass is 16.6. The van der Waals surface area contributed by atoms with Crippen LogP contribution in [0.1, 0.15) is 38.8 Å². The van der Waals surface area contributed by atoms with E-state index in [2.05, 4.69) is 20.7 Å². The summed E-state index contributed by atoms with van der Waals surface area (Å²) < 4.78 is 38.0. The minimum atomic E-state index is -0.714. The summed E-state index contributed by atoms with van der Waals surface area (Å²) in [4.78, 5) is 39.5. The van der Waals surface area contributed by atoms with Crippen LogP contribution in [0, 0.1) is 0 Å². The van der Waals surface area contributed by atoms with E-state index in [1.54, 1.807) is 20.8 Å². The number of amides is 2. The largest absolute Gasteiger partial charge is 0.491 e. The molecule has 0 aliphatic carbocycles. The molecule has 0 saturated carbocycles. The molecule has 0 spiro atoms. The van der Waals surface area contributed by atoms with Crippen molar-refractivity contribution in [3.63, 3.8) is 0 Å². The maximum atomic E-state index is 12.7. The maximum Gasteiger partial charge on any atom is 0.408 e. The lowest BCUT2D eigenvalue weighted by Crippen LogP contribution is -2.41. The number of carbonyl (C=O) groups excluding carboxylic acids is 3. The lowest BCUT2D eigenvalue weighted by Gasteiger charge is -2.21. The van der Waals surface area contributed by atoms with Gasteiger partial charge >= 0.3 is 12.1 Å². The molecule has 3 aromatic rings. The lowest BCUT2D eigenvalue weighted by atomic mass is 9.95. The quantitative estimate of drug-likeness (QED) is 0.0415. The summed E-state index contributed by atoms with van der Waals surface area (Å²) in [6.07, 6.45) is -0.802. The Morgan fingerprint density at radius 3 is 1.98 bits per heavy atom. The van der Waals surface area contributed by atoms with Gasteiger partial charge in [0.25, 0.3) is 0 Å². The second-order valence-electron chi connectivity index (χ2n) is 12.3. The molecule has 2 N–H and O–H groups in total. The molecule has 1 atom stereocenters. The van der Waals surface area contributed by atoms with Crippen LogP contribution >= 0.6 is 0 Å². The number of benzene rings is 3. The van der Waals surface area contributed by atoms with E-state index in [0.717, 1.165) is 27.6 Å². The van der Waals surface area contributed by atoms with E-state index in [-0.39, 0.29) is 13.0 Å². The lowest BCUT2D eigenvalue weighted by molar-refractivity contribution is -0.141. The predicted molar refractivity (Wildman–Crippen MR) is 194 cm³/mol. The predicted octanol–water partition coefficient (Wildman–Crippen LogP) is 5.51. The number of rotatable bonds is 23. The second kappa shape index (κ2) is 22.8. The van der Waals surface area contributed by atoms with Crippen LogP contribution in [0.5, 0.6) is 5.75 Å². The number of nitrogens with one attached hydrogen (secondary N) is 2. The first-order valence-corrected chi connectivity index (χ1v) is 17.0. The van der Waals surface area contributed by atoms with E-state index in [1.165, 1.54) is 7.11 Å². The van der Waals surface area contributed by atoms with Crippen LogP contribution in [0.3, 0.4) is 0 Å². The first-order chi connectivity index (χ1) is 25.1. The van der Waals surface area contributed by atoms with Crippen molar-refractivity contribution in [3.05, 3.63) is 76.7 Å². The van der Waals surface area contributed by atoms with Crippen molar-refractivity contribution in [2.45, 2.75) is 38.8 Å². The summed E-state index contributed by atoms with van der Waals surface area (Å²) >= 11 is 0. The van der Waals surface area contributed by atoms with Gasteiger partial charge < -0.3 is 43.8 Å². The van der Waals surface area contributed by atoms with Crippen LogP contribution in [0.15, 0.2) is 65.8 Å². The molecule has 2 amide bonds. The summed E-state index contributed by atoms with van der Waals surface area (Å²) in [5.74, 6) is -0.239. The van der Waals surface area contributed by atoms with Crippen LogP contribution in [0.25, 0.3) is 32.3 Å². The van der Waals surface area contributed by atoms with Crippen LogP contribution < -0.4 is 15.4 Å². The van der Waals surface area contributed by atoms with Crippen molar-refractivity contribution in [1.29, 1.82) is 0 Å². The highest BCUT2D eigenvalue weighted by molar-refractivity contribution is 6.00.